The number of hydroxylamine groups is 2. The number of nitrogens with one attached hydrogen (secondary N) is 1. The zero-order chi connectivity index (χ0) is 33.8. The van der Waals surface area contributed by atoms with Crippen LogP contribution in [0.1, 0.15) is 26.0 Å². The number of amides is 2. The molecule has 0 bridgehead atoms. The van der Waals surface area contributed by atoms with Crippen molar-refractivity contribution in [3.8, 4) is 17.0 Å². The Labute approximate surface area is 267 Å². The van der Waals surface area contributed by atoms with Crippen LogP contribution in [0.5, 0.6) is 5.75 Å². The normalized spacial score (nSPS) is 16.9. The number of nitrogens with two attached hydrogens (primary N) is 2. The van der Waals surface area contributed by atoms with Gasteiger partial charge in [0, 0.05) is 17.0 Å². The van der Waals surface area contributed by atoms with Gasteiger partial charge in [-0.05, 0) is 51.1 Å². The molecule has 1 saturated heterocycles. The second-order valence-electron chi connectivity index (χ2n) is 10.5. The molecular weight excluding hydrogens is 648 g/mol. The fourth-order valence-electron chi connectivity index (χ4n) is 4.44. The number of carboxylic acids is 1. The number of hydrogen-bond acceptors (Lipinski definition) is 13. The number of carbonyl (C=O) groups is 3. The van der Waals surface area contributed by atoms with Crippen LogP contribution in [0.4, 0.5) is 5.13 Å². The Kier molecular flexibility index (Phi) is 10.3. The lowest BCUT2D eigenvalue weighted by molar-refractivity contribution is -0.743. The van der Waals surface area contributed by atoms with Crippen molar-refractivity contribution < 1.29 is 51.0 Å². The smallest absolute Gasteiger partial charge is 0.418 e. The van der Waals surface area contributed by atoms with Gasteiger partial charge < -0.3 is 31.5 Å². The lowest BCUT2D eigenvalue weighted by Crippen LogP contribution is -2.76. The number of aryl methyl sites for hydroxylation is 1. The molecule has 0 aliphatic carbocycles. The summed E-state index contributed by atoms with van der Waals surface area (Å²) in [6.07, 6.45) is 1.12. The maximum absolute atomic E-state index is 13.2. The molecule has 0 spiro atoms. The van der Waals surface area contributed by atoms with E-state index in [1.54, 1.807) is 12.1 Å². The van der Waals surface area contributed by atoms with Crippen molar-refractivity contribution in [3.63, 3.8) is 0 Å². The van der Waals surface area contributed by atoms with E-state index in [0.29, 0.717) is 17.4 Å². The van der Waals surface area contributed by atoms with Crippen LogP contribution in [-0.4, -0.2) is 87.1 Å². The number of benzene rings is 1. The van der Waals surface area contributed by atoms with Crippen molar-refractivity contribution >= 4 is 50.4 Å². The second kappa shape index (κ2) is 13.8. The van der Waals surface area contributed by atoms with Gasteiger partial charge >= 0.3 is 16.4 Å². The lowest BCUT2D eigenvalue weighted by Gasteiger charge is -2.50. The van der Waals surface area contributed by atoms with Gasteiger partial charge in [-0.1, -0.05) is 5.16 Å². The Morgan fingerprint density at radius 3 is 2.52 bits per heavy atom. The van der Waals surface area contributed by atoms with Gasteiger partial charge in [-0.15, -0.1) is 20.3 Å². The van der Waals surface area contributed by atoms with Gasteiger partial charge in [-0.2, -0.15) is 18.2 Å². The summed E-state index contributed by atoms with van der Waals surface area (Å²) < 4.78 is 45.0. The number of oxime groups is 1. The molecule has 0 unspecified atom stereocenters. The van der Waals surface area contributed by atoms with E-state index in [0.717, 1.165) is 35.6 Å². The number of anilines is 1. The van der Waals surface area contributed by atoms with Gasteiger partial charge in [0.1, 0.15) is 24.1 Å². The Balaban J connectivity index is 1.45. The molecular formula is C26H33N8O10S2+. The lowest BCUT2D eigenvalue weighted by atomic mass is 9.84. The molecule has 3 heterocycles. The number of carboxylic acid groups (broad SMARTS) is 1. The van der Waals surface area contributed by atoms with Crippen LogP contribution in [0.25, 0.3) is 11.3 Å². The molecule has 46 heavy (non-hydrogen) atoms. The molecule has 248 valence electrons. The zero-order valence-electron chi connectivity index (χ0n) is 24.9. The number of hydrogen-bond donors (Lipinski definition) is 5. The average molecular weight is 682 g/mol. The standard InChI is InChI=1S/C26H32N8O10S2/c1-26(2)21(23(36)34(26)44-46(39,40)41)30-22(35)20(17-14-45-25(28)29-17)31-43-19(24(37)38)13-42-16-7-5-15(6-8-16)18-9-12-33(32(18)3)11-4-10-27/h5-9,12,14,19,21H,4,10-11,13,27H2,1-3H3,(H4-,28,29,30,35,37,38,39,40,41)/p+1/b31-20-/t19-,21+/m0/s1. The molecule has 2 atom stereocenters. The van der Waals surface area contributed by atoms with E-state index in [1.165, 1.54) is 19.2 Å². The molecule has 18 nitrogen and oxygen atoms in total. The van der Waals surface area contributed by atoms with Crippen LogP contribution in [0.3, 0.4) is 0 Å². The van der Waals surface area contributed by atoms with Gasteiger partial charge in [0.15, 0.2) is 17.9 Å². The number of rotatable bonds is 15. The van der Waals surface area contributed by atoms with Crippen molar-refractivity contribution in [1.82, 2.24) is 20.0 Å². The number of β-lactam (4-membered cyclic amide) rings is 1. The predicted octanol–water partition coefficient (Wildman–Crippen LogP) is -0.540. The molecule has 0 saturated carbocycles. The fourth-order valence-corrected chi connectivity index (χ4v) is 5.44. The highest BCUT2D eigenvalue weighted by Gasteiger charge is 2.58. The third-order valence-corrected chi connectivity index (χ3v) is 7.94. The summed E-state index contributed by atoms with van der Waals surface area (Å²) >= 11 is 0.961. The van der Waals surface area contributed by atoms with Gasteiger partial charge in [0.25, 0.3) is 17.9 Å². The minimum atomic E-state index is -5.01. The van der Waals surface area contributed by atoms with E-state index < -0.39 is 58.2 Å². The minimum absolute atomic E-state index is 0.0607. The van der Waals surface area contributed by atoms with Crippen LogP contribution >= 0.6 is 11.3 Å². The second-order valence-corrected chi connectivity index (χ2v) is 12.4. The summed E-state index contributed by atoms with van der Waals surface area (Å²) in [6.45, 7) is 3.58. The van der Waals surface area contributed by atoms with Crippen molar-refractivity contribution in [2.45, 2.75) is 44.5 Å². The van der Waals surface area contributed by atoms with Gasteiger partial charge in [-0.3, -0.25) is 14.1 Å². The van der Waals surface area contributed by atoms with Gasteiger partial charge in [0.2, 0.25) is 5.69 Å². The predicted molar refractivity (Wildman–Crippen MR) is 161 cm³/mol. The maximum atomic E-state index is 13.2. The van der Waals surface area contributed by atoms with Crippen LogP contribution in [0, 0.1) is 0 Å². The first kappa shape index (κ1) is 34.2. The van der Waals surface area contributed by atoms with Crippen LogP contribution in [0.2, 0.25) is 0 Å². The number of thiazole rings is 1. The third-order valence-electron chi connectivity index (χ3n) is 6.93. The topological polar surface area (TPSA) is 255 Å². The van der Waals surface area contributed by atoms with E-state index in [9.17, 15) is 27.9 Å². The molecule has 0 radical (unpaired) electrons. The number of aliphatic carboxylic acids is 1. The van der Waals surface area contributed by atoms with Crippen molar-refractivity contribution in [2.24, 2.45) is 17.9 Å². The molecule has 3 aromatic rings. The number of nitrogen functional groups attached to an aromatic ring is 1. The van der Waals surface area contributed by atoms with E-state index in [2.05, 4.69) is 19.7 Å². The summed E-state index contributed by atoms with van der Waals surface area (Å²) in [7, 11) is -3.09. The molecule has 2 amide bonds. The van der Waals surface area contributed by atoms with Crippen molar-refractivity contribution in [2.75, 3.05) is 18.9 Å². The number of aromatic nitrogens is 3. The van der Waals surface area contributed by atoms with E-state index in [1.807, 2.05) is 40.8 Å². The molecule has 20 heteroatoms. The Hall–Kier alpha value is -4.63. The number of ether oxygens (including phenoxy) is 1. The third kappa shape index (κ3) is 7.77. The highest BCUT2D eigenvalue weighted by molar-refractivity contribution is 7.80. The first-order valence-corrected chi connectivity index (χ1v) is 15.9. The molecule has 1 aliphatic heterocycles. The molecule has 1 aromatic carbocycles. The van der Waals surface area contributed by atoms with E-state index in [-0.39, 0.29) is 10.8 Å². The molecule has 7 N–H and O–H groups in total. The van der Waals surface area contributed by atoms with E-state index in [4.69, 9.17) is 25.6 Å². The Bertz CT molecular complexity index is 1740. The fraction of sp³-hybridized carbons (Fsp3) is 0.385. The average Bonchev–Trinajstić information content (AvgIpc) is 3.59. The Morgan fingerprint density at radius 1 is 1.26 bits per heavy atom. The Morgan fingerprint density at radius 2 is 1.96 bits per heavy atom. The molecule has 4 rings (SSSR count). The monoisotopic (exact) mass is 681 g/mol. The summed E-state index contributed by atoms with van der Waals surface area (Å²) in [5, 5.41) is 17.6. The summed E-state index contributed by atoms with van der Waals surface area (Å²) in [4.78, 5) is 46.8. The summed E-state index contributed by atoms with van der Waals surface area (Å²) in [5.74, 6) is -3.11. The van der Waals surface area contributed by atoms with E-state index >= 15 is 0 Å². The minimum Gasteiger partial charge on any atom is -0.489 e. The van der Waals surface area contributed by atoms with Crippen molar-refractivity contribution in [3.05, 3.63) is 47.6 Å². The quantitative estimate of drug-likeness (QED) is 0.0445. The summed E-state index contributed by atoms with van der Waals surface area (Å²) in [5.41, 5.74) is 11.1. The van der Waals surface area contributed by atoms with Gasteiger partial charge in [0.05, 0.1) is 18.3 Å². The first-order valence-electron chi connectivity index (χ1n) is 13.6. The van der Waals surface area contributed by atoms with Crippen LogP contribution in [-0.2, 0) is 47.5 Å². The highest BCUT2D eigenvalue weighted by atomic mass is 32.3. The van der Waals surface area contributed by atoms with Crippen LogP contribution < -0.4 is 26.2 Å². The van der Waals surface area contributed by atoms with Crippen molar-refractivity contribution in [1.29, 1.82) is 0 Å². The number of carbonyl (C=O) groups excluding carboxylic acids is 2. The first-order chi connectivity index (χ1) is 21.6. The molecule has 2 aromatic heterocycles. The zero-order valence-corrected chi connectivity index (χ0v) is 26.5. The SMILES string of the molecule is C[n+]1c(-c2ccc(OC[C@H](O/N=C(\C(=O)N[C@@H]3C(=O)N(OS(=O)(=O)O)C3(C)C)c3csc(N)n3)C(=O)O)cc2)ccn1CCCN. The molecule has 1 aliphatic rings. The number of nitrogens with zero attached hydrogens (tertiary/aromatic N) is 5. The summed E-state index contributed by atoms with van der Waals surface area (Å²) in [6, 6.07) is 7.60. The molecule has 1 fully saturated rings. The highest BCUT2D eigenvalue weighted by Crippen LogP contribution is 2.33. The largest absolute Gasteiger partial charge is 0.489 e. The maximum Gasteiger partial charge on any atom is 0.418 e. The van der Waals surface area contributed by atoms with Crippen LogP contribution in [0.15, 0.2) is 47.1 Å². The van der Waals surface area contributed by atoms with Gasteiger partial charge in [-0.25, -0.2) is 9.78 Å².